The number of fused-ring (bicyclic) bond motifs is 1. The molecule has 4 rings (SSSR count). The molecule has 0 spiro atoms. The Morgan fingerprint density at radius 1 is 0.973 bits per heavy atom. The molecule has 0 aliphatic heterocycles. The fraction of sp³-hybridized carbons (Fsp3) is 0.267. The summed E-state index contributed by atoms with van der Waals surface area (Å²) in [7, 11) is 0. The topological polar surface area (TPSA) is 114 Å². The van der Waals surface area contributed by atoms with Gasteiger partial charge in [0, 0.05) is 35.6 Å². The highest BCUT2D eigenvalue weighted by Crippen LogP contribution is 2.29. The number of rotatable bonds is 10. The number of pyridine rings is 1. The second kappa shape index (κ2) is 11.4. The predicted octanol–water partition coefficient (Wildman–Crippen LogP) is 3.85. The van der Waals surface area contributed by atoms with Crippen molar-refractivity contribution in [2.45, 2.75) is 38.3 Å². The Hall–Kier alpha value is -3.94. The van der Waals surface area contributed by atoms with Gasteiger partial charge in [-0.25, -0.2) is 0 Å². The van der Waals surface area contributed by atoms with Crippen molar-refractivity contribution in [1.82, 2.24) is 15.6 Å². The largest absolute Gasteiger partial charge is 0.506 e. The number of aromatic amines is 1. The molecule has 0 radical (unpaired) electrons. The van der Waals surface area contributed by atoms with Gasteiger partial charge in [-0.3, -0.25) is 9.59 Å². The molecule has 0 unspecified atom stereocenters. The van der Waals surface area contributed by atoms with Crippen LogP contribution in [0.4, 0.5) is 0 Å². The summed E-state index contributed by atoms with van der Waals surface area (Å²) < 4.78 is 0. The molecule has 0 bridgehead atoms. The third-order valence-electron chi connectivity index (χ3n) is 6.42. The minimum Gasteiger partial charge on any atom is -0.506 e. The molecule has 1 aromatic heterocycles. The fourth-order valence-corrected chi connectivity index (χ4v) is 4.49. The Balaban J connectivity index is 1.36. The van der Waals surface area contributed by atoms with E-state index < -0.39 is 6.10 Å². The van der Waals surface area contributed by atoms with Crippen LogP contribution in [0.15, 0.2) is 83.7 Å². The molecule has 5 N–H and O–H groups in total. The third kappa shape index (κ3) is 6.84. The number of phenolic OH excluding ortho intramolecular Hbond substituents is 1. The number of nitrogens with one attached hydrogen (secondary N) is 3. The van der Waals surface area contributed by atoms with E-state index in [4.69, 9.17) is 0 Å². The van der Waals surface area contributed by atoms with Crippen LogP contribution in [-0.4, -0.2) is 39.7 Å². The number of carbonyl (C=O) groups is 1. The Labute approximate surface area is 216 Å². The number of benzene rings is 3. The molecule has 0 saturated carbocycles. The number of aromatic nitrogens is 1. The average molecular weight is 500 g/mol. The van der Waals surface area contributed by atoms with Crippen LogP contribution in [0.1, 0.15) is 47.0 Å². The zero-order valence-electron chi connectivity index (χ0n) is 21.1. The molecule has 3 aromatic carbocycles. The van der Waals surface area contributed by atoms with Gasteiger partial charge in [-0.15, -0.1) is 0 Å². The molecule has 4 aromatic rings. The Morgan fingerprint density at radius 2 is 1.73 bits per heavy atom. The lowest BCUT2D eigenvalue weighted by atomic mass is 9.93. The molecule has 37 heavy (non-hydrogen) atoms. The molecular weight excluding hydrogens is 466 g/mol. The van der Waals surface area contributed by atoms with Gasteiger partial charge in [-0.05, 0) is 67.6 Å². The first-order chi connectivity index (χ1) is 17.7. The maximum atomic E-state index is 12.7. The molecule has 0 aliphatic rings. The second-order valence-corrected chi connectivity index (χ2v) is 9.93. The van der Waals surface area contributed by atoms with Crippen molar-refractivity contribution in [2.24, 2.45) is 0 Å². The van der Waals surface area contributed by atoms with Gasteiger partial charge >= 0.3 is 0 Å². The van der Waals surface area contributed by atoms with Crippen LogP contribution in [0.3, 0.4) is 0 Å². The van der Waals surface area contributed by atoms with Gasteiger partial charge < -0.3 is 25.8 Å². The molecule has 7 nitrogen and oxygen atoms in total. The van der Waals surface area contributed by atoms with E-state index in [0.29, 0.717) is 35.0 Å². The zero-order valence-corrected chi connectivity index (χ0v) is 21.1. The number of H-pyrrole nitrogens is 1. The Bertz CT molecular complexity index is 1430. The third-order valence-corrected chi connectivity index (χ3v) is 6.42. The molecule has 0 aliphatic carbocycles. The van der Waals surface area contributed by atoms with E-state index in [1.165, 1.54) is 17.7 Å². The van der Waals surface area contributed by atoms with E-state index in [9.17, 15) is 19.8 Å². The first kappa shape index (κ1) is 26.1. The maximum Gasteiger partial charge on any atom is 0.251 e. The van der Waals surface area contributed by atoms with Crippen LogP contribution in [0.2, 0.25) is 0 Å². The van der Waals surface area contributed by atoms with Crippen LogP contribution in [0.25, 0.3) is 10.9 Å². The van der Waals surface area contributed by atoms with Gasteiger partial charge in [0.2, 0.25) is 5.56 Å². The number of aliphatic hydroxyl groups excluding tert-OH is 1. The Morgan fingerprint density at radius 3 is 2.51 bits per heavy atom. The van der Waals surface area contributed by atoms with Crippen molar-refractivity contribution in [2.75, 3.05) is 13.1 Å². The van der Waals surface area contributed by atoms with Crippen molar-refractivity contribution in [1.29, 1.82) is 0 Å². The molecule has 0 fully saturated rings. The van der Waals surface area contributed by atoms with Gasteiger partial charge in [0.15, 0.2) is 0 Å². The van der Waals surface area contributed by atoms with Crippen LogP contribution in [0.5, 0.6) is 5.75 Å². The quantitative estimate of drug-likeness (QED) is 0.227. The number of hydrogen-bond acceptors (Lipinski definition) is 5. The van der Waals surface area contributed by atoms with Gasteiger partial charge in [-0.1, -0.05) is 48.5 Å². The summed E-state index contributed by atoms with van der Waals surface area (Å²) in [6, 6.07) is 23.8. The average Bonchev–Trinajstić information content (AvgIpc) is 2.88. The standard InChI is InChI=1S/C30H33N3O4/c1-30(2,32-19-26(35)23-11-13-25(34)28-24(23)12-14-27(36)33-28)18-21-9-6-10-22(17-21)29(37)31-16-15-20-7-4-3-5-8-20/h3-14,17,26,32,34-35H,15-16,18-19H2,1-2H3,(H,31,37)(H,33,36)/t26-/m0/s1. The monoisotopic (exact) mass is 499 g/mol. The lowest BCUT2D eigenvalue weighted by Crippen LogP contribution is -2.43. The summed E-state index contributed by atoms with van der Waals surface area (Å²) in [6.07, 6.45) is 0.571. The number of amides is 1. The molecule has 7 heteroatoms. The number of hydrogen-bond donors (Lipinski definition) is 5. The molecule has 0 saturated heterocycles. The number of carbonyl (C=O) groups excluding carboxylic acids is 1. The summed E-state index contributed by atoms with van der Waals surface area (Å²) in [5, 5.41) is 28.0. The van der Waals surface area contributed by atoms with Gasteiger partial charge in [0.1, 0.15) is 5.75 Å². The highest BCUT2D eigenvalue weighted by atomic mass is 16.3. The SMILES string of the molecule is CC(C)(Cc1cccc(C(=O)NCCc2ccccc2)c1)NC[C@H](O)c1ccc(O)c2[nH]c(=O)ccc12. The first-order valence-electron chi connectivity index (χ1n) is 12.4. The highest BCUT2D eigenvalue weighted by molar-refractivity contribution is 5.94. The van der Waals surface area contributed by atoms with Crippen LogP contribution < -0.4 is 16.2 Å². The van der Waals surface area contributed by atoms with Gasteiger partial charge in [0.05, 0.1) is 11.6 Å². The molecule has 1 amide bonds. The summed E-state index contributed by atoms with van der Waals surface area (Å²) >= 11 is 0. The molecule has 1 heterocycles. The molecule has 1 atom stereocenters. The van der Waals surface area contributed by atoms with Crippen LogP contribution in [-0.2, 0) is 12.8 Å². The Kier molecular flexibility index (Phi) is 8.06. The smallest absolute Gasteiger partial charge is 0.251 e. The summed E-state index contributed by atoms with van der Waals surface area (Å²) in [6.45, 7) is 4.92. The van der Waals surface area contributed by atoms with E-state index >= 15 is 0 Å². The van der Waals surface area contributed by atoms with E-state index in [-0.39, 0.29) is 29.3 Å². The summed E-state index contributed by atoms with van der Waals surface area (Å²) in [4.78, 5) is 27.0. The number of β-amino-alcohol motifs (C(OH)–C–C–N with tert-alkyl or cyclic N) is 1. The number of aliphatic hydroxyl groups is 1. The normalized spacial score (nSPS) is 12.4. The van der Waals surface area contributed by atoms with E-state index in [2.05, 4.69) is 15.6 Å². The van der Waals surface area contributed by atoms with Gasteiger partial charge in [-0.2, -0.15) is 0 Å². The minimum absolute atomic E-state index is 0.0408. The summed E-state index contributed by atoms with van der Waals surface area (Å²) in [5.74, 6) is -0.142. The number of phenols is 1. The van der Waals surface area contributed by atoms with Crippen molar-refractivity contribution in [3.05, 3.63) is 111 Å². The van der Waals surface area contributed by atoms with Crippen LogP contribution in [0, 0.1) is 0 Å². The van der Waals surface area contributed by atoms with Gasteiger partial charge in [0.25, 0.3) is 5.91 Å². The number of aromatic hydroxyl groups is 1. The van der Waals surface area contributed by atoms with Crippen molar-refractivity contribution in [3.63, 3.8) is 0 Å². The molecular formula is C30H33N3O4. The van der Waals surface area contributed by atoms with Crippen LogP contribution >= 0.6 is 0 Å². The molecule has 192 valence electrons. The zero-order chi connectivity index (χ0) is 26.4. The first-order valence-corrected chi connectivity index (χ1v) is 12.4. The van der Waals surface area contributed by atoms with Crippen molar-refractivity contribution in [3.8, 4) is 5.75 Å². The minimum atomic E-state index is -0.852. The summed E-state index contributed by atoms with van der Waals surface area (Å²) in [5.41, 5.74) is 3.04. The maximum absolute atomic E-state index is 12.7. The second-order valence-electron chi connectivity index (χ2n) is 9.93. The highest BCUT2D eigenvalue weighted by Gasteiger charge is 2.22. The van der Waals surface area contributed by atoms with E-state index in [0.717, 1.165) is 12.0 Å². The van der Waals surface area contributed by atoms with Crippen molar-refractivity contribution >= 4 is 16.8 Å². The van der Waals surface area contributed by atoms with E-state index in [1.54, 1.807) is 12.1 Å². The predicted molar refractivity (Wildman–Crippen MR) is 146 cm³/mol. The lowest BCUT2D eigenvalue weighted by molar-refractivity contribution is 0.0954. The fourth-order valence-electron chi connectivity index (χ4n) is 4.49. The van der Waals surface area contributed by atoms with E-state index in [1.807, 2.05) is 68.4 Å². The van der Waals surface area contributed by atoms with Crippen molar-refractivity contribution < 1.29 is 15.0 Å². The lowest BCUT2D eigenvalue weighted by Gasteiger charge is -2.28.